The van der Waals surface area contributed by atoms with Crippen LogP contribution >= 0.6 is 0 Å². The summed E-state index contributed by atoms with van der Waals surface area (Å²) in [4.78, 5) is 10.6. The van der Waals surface area contributed by atoms with Gasteiger partial charge in [-0.05, 0) is 19.9 Å². The third-order valence-electron chi connectivity index (χ3n) is 1.82. The zero-order chi connectivity index (χ0) is 11.4. The van der Waals surface area contributed by atoms with Gasteiger partial charge in [-0.25, -0.2) is 0 Å². The standard InChI is InChI=1S/C11H23NO3.H2/c1-3-5-12-6-8-15-10-9-14-7-4-11(2)13;/h12H,3-10H2,1-2H3;1H. The molecule has 0 spiro atoms. The fraction of sp³-hybridized carbons (Fsp3) is 0.909. The van der Waals surface area contributed by atoms with Crippen LogP contribution in [0.25, 0.3) is 0 Å². The van der Waals surface area contributed by atoms with Crippen LogP contribution in [0.15, 0.2) is 0 Å². The minimum absolute atomic E-state index is 0. The number of carbonyl (C=O) groups excluding carboxylic acids is 1. The number of Topliss-reactive ketones (excluding diaryl/α,β-unsaturated/α-hetero) is 1. The van der Waals surface area contributed by atoms with E-state index in [9.17, 15) is 4.79 Å². The molecule has 0 aliphatic rings. The molecule has 0 amide bonds. The smallest absolute Gasteiger partial charge is 0.132 e. The van der Waals surface area contributed by atoms with Crippen LogP contribution in [-0.4, -0.2) is 45.3 Å². The fourth-order valence-corrected chi connectivity index (χ4v) is 0.984. The van der Waals surface area contributed by atoms with Crippen molar-refractivity contribution in [1.82, 2.24) is 5.32 Å². The molecular formula is C11H25NO3. The summed E-state index contributed by atoms with van der Waals surface area (Å²) < 4.78 is 10.5. The SMILES string of the molecule is CCCNCCOCCOCCC(C)=O.[HH]. The molecule has 0 aromatic heterocycles. The Balaban J connectivity index is 0. The maximum absolute atomic E-state index is 10.6. The van der Waals surface area contributed by atoms with Crippen molar-refractivity contribution in [2.24, 2.45) is 0 Å². The monoisotopic (exact) mass is 219 g/mol. The van der Waals surface area contributed by atoms with Crippen LogP contribution in [0.2, 0.25) is 0 Å². The van der Waals surface area contributed by atoms with Gasteiger partial charge in [0.1, 0.15) is 5.78 Å². The topological polar surface area (TPSA) is 47.6 Å². The van der Waals surface area contributed by atoms with E-state index in [2.05, 4.69) is 12.2 Å². The van der Waals surface area contributed by atoms with Crippen LogP contribution in [0.4, 0.5) is 0 Å². The Labute approximate surface area is 93.8 Å². The lowest BCUT2D eigenvalue weighted by atomic mass is 10.3. The second-order valence-electron chi connectivity index (χ2n) is 3.43. The maximum Gasteiger partial charge on any atom is 0.132 e. The Morgan fingerprint density at radius 3 is 2.40 bits per heavy atom. The molecule has 4 heteroatoms. The van der Waals surface area contributed by atoms with Gasteiger partial charge < -0.3 is 14.8 Å². The highest BCUT2D eigenvalue weighted by Crippen LogP contribution is 1.84. The minimum atomic E-state index is 0. The summed E-state index contributed by atoms with van der Waals surface area (Å²) in [5, 5.41) is 3.24. The Hall–Kier alpha value is -0.450. The normalized spacial score (nSPS) is 10.5. The van der Waals surface area contributed by atoms with Gasteiger partial charge in [-0.1, -0.05) is 6.92 Å². The first kappa shape index (κ1) is 14.6. The van der Waals surface area contributed by atoms with Crippen LogP contribution in [0.3, 0.4) is 0 Å². The molecule has 0 rings (SSSR count). The maximum atomic E-state index is 10.6. The highest BCUT2D eigenvalue weighted by molar-refractivity contribution is 5.75. The van der Waals surface area contributed by atoms with E-state index in [-0.39, 0.29) is 7.21 Å². The molecule has 0 heterocycles. The Morgan fingerprint density at radius 2 is 1.80 bits per heavy atom. The number of hydrogen-bond acceptors (Lipinski definition) is 4. The molecule has 0 fully saturated rings. The molecule has 0 aliphatic heterocycles. The average Bonchev–Trinajstić information content (AvgIpc) is 2.20. The summed E-state index contributed by atoms with van der Waals surface area (Å²) in [5.74, 6) is 0.166. The Morgan fingerprint density at radius 1 is 1.13 bits per heavy atom. The quantitative estimate of drug-likeness (QED) is 0.531. The summed E-state index contributed by atoms with van der Waals surface area (Å²) in [5.41, 5.74) is 0. The molecule has 0 saturated carbocycles. The van der Waals surface area contributed by atoms with Gasteiger partial charge in [0.25, 0.3) is 0 Å². The lowest BCUT2D eigenvalue weighted by Gasteiger charge is -2.05. The third kappa shape index (κ3) is 13.6. The van der Waals surface area contributed by atoms with Crippen molar-refractivity contribution < 1.29 is 15.7 Å². The predicted molar refractivity (Wildman–Crippen MR) is 62.2 cm³/mol. The lowest BCUT2D eigenvalue weighted by Crippen LogP contribution is -2.21. The molecule has 1 N–H and O–H groups in total. The fourth-order valence-electron chi connectivity index (χ4n) is 0.984. The molecule has 0 radical (unpaired) electrons. The van der Waals surface area contributed by atoms with Crippen LogP contribution in [0.5, 0.6) is 0 Å². The Bertz CT molecular complexity index is 156. The molecule has 0 unspecified atom stereocenters. The predicted octanol–water partition coefficient (Wildman–Crippen LogP) is 1.24. The van der Waals surface area contributed by atoms with Crippen molar-refractivity contribution >= 4 is 5.78 Å². The number of carbonyl (C=O) groups is 1. The number of hydrogen-bond donors (Lipinski definition) is 1. The molecule has 0 aromatic carbocycles. The van der Waals surface area contributed by atoms with Gasteiger partial charge in [-0.3, -0.25) is 4.79 Å². The highest BCUT2D eigenvalue weighted by atomic mass is 16.5. The molecule has 0 atom stereocenters. The lowest BCUT2D eigenvalue weighted by molar-refractivity contribution is -0.118. The van der Waals surface area contributed by atoms with Crippen LogP contribution < -0.4 is 5.32 Å². The Kier molecular flexibility index (Phi) is 11.3. The average molecular weight is 219 g/mol. The third-order valence-corrected chi connectivity index (χ3v) is 1.82. The molecule has 0 aliphatic carbocycles. The van der Waals surface area contributed by atoms with Crippen molar-refractivity contribution in [3.63, 3.8) is 0 Å². The summed E-state index contributed by atoms with van der Waals surface area (Å²) in [6, 6.07) is 0. The van der Waals surface area contributed by atoms with E-state index in [0.717, 1.165) is 26.1 Å². The molecule has 92 valence electrons. The van der Waals surface area contributed by atoms with Gasteiger partial charge in [0.05, 0.1) is 26.4 Å². The molecule has 4 nitrogen and oxygen atoms in total. The summed E-state index contributed by atoms with van der Waals surface area (Å²) in [6.45, 7) is 8.03. The van der Waals surface area contributed by atoms with E-state index >= 15 is 0 Å². The van der Waals surface area contributed by atoms with Crippen LogP contribution in [0.1, 0.15) is 28.1 Å². The number of nitrogens with one attached hydrogen (secondary N) is 1. The first-order valence-corrected chi connectivity index (χ1v) is 5.63. The molecular weight excluding hydrogens is 194 g/mol. The van der Waals surface area contributed by atoms with E-state index in [0.29, 0.717) is 26.2 Å². The van der Waals surface area contributed by atoms with Crippen LogP contribution in [-0.2, 0) is 14.3 Å². The van der Waals surface area contributed by atoms with E-state index in [1.165, 1.54) is 0 Å². The van der Waals surface area contributed by atoms with Gasteiger partial charge >= 0.3 is 0 Å². The van der Waals surface area contributed by atoms with E-state index in [1.807, 2.05) is 0 Å². The van der Waals surface area contributed by atoms with Crippen molar-refractivity contribution in [2.45, 2.75) is 26.7 Å². The second kappa shape index (κ2) is 11.6. The van der Waals surface area contributed by atoms with Gasteiger partial charge in [0.2, 0.25) is 0 Å². The van der Waals surface area contributed by atoms with E-state index < -0.39 is 0 Å². The number of rotatable bonds is 11. The van der Waals surface area contributed by atoms with Crippen LogP contribution in [0, 0.1) is 0 Å². The van der Waals surface area contributed by atoms with Crippen molar-refractivity contribution in [2.75, 3.05) is 39.5 Å². The van der Waals surface area contributed by atoms with E-state index in [4.69, 9.17) is 9.47 Å². The second-order valence-corrected chi connectivity index (χ2v) is 3.43. The zero-order valence-electron chi connectivity index (χ0n) is 9.88. The summed E-state index contributed by atoms with van der Waals surface area (Å²) in [6.07, 6.45) is 1.65. The summed E-state index contributed by atoms with van der Waals surface area (Å²) in [7, 11) is 0. The van der Waals surface area contributed by atoms with Crippen molar-refractivity contribution in [1.29, 1.82) is 0 Å². The largest absolute Gasteiger partial charge is 0.379 e. The number of ether oxygens (including phenoxy) is 2. The first-order chi connectivity index (χ1) is 7.27. The van der Waals surface area contributed by atoms with Crippen molar-refractivity contribution in [3.8, 4) is 0 Å². The van der Waals surface area contributed by atoms with Gasteiger partial charge in [0.15, 0.2) is 0 Å². The first-order valence-electron chi connectivity index (χ1n) is 5.63. The number of ketones is 1. The van der Waals surface area contributed by atoms with E-state index in [1.54, 1.807) is 6.92 Å². The minimum Gasteiger partial charge on any atom is -0.379 e. The van der Waals surface area contributed by atoms with Gasteiger partial charge in [0, 0.05) is 14.4 Å². The van der Waals surface area contributed by atoms with Gasteiger partial charge in [-0.15, -0.1) is 0 Å². The van der Waals surface area contributed by atoms with Crippen molar-refractivity contribution in [3.05, 3.63) is 0 Å². The summed E-state index contributed by atoms with van der Waals surface area (Å²) >= 11 is 0. The molecule has 0 saturated heterocycles. The zero-order valence-corrected chi connectivity index (χ0v) is 9.88. The molecule has 15 heavy (non-hydrogen) atoms. The molecule has 0 aromatic rings. The molecule has 0 bridgehead atoms. The highest BCUT2D eigenvalue weighted by Gasteiger charge is 1.93. The van der Waals surface area contributed by atoms with Gasteiger partial charge in [-0.2, -0.15) is 0 Å².